The van der Waals surface area contributed by atoms with Crippen molar-refractivity contribution in [1.82, 2.24) is 4.90 Å². The fourth-order valence-corrected chi connectivity index (χ4v) is 2.49. The van der Waals surface area contributed by atoms with E-state index in [1.54, 1.807) is 17.0 Å². The molecule has 116 valence electrons. The van der Waals surface area contributed by atoms with E-state index in [9.17, 15) is 14.3 Å². The van der Waals surface area contributed by atoms with Crippen molar-refractivity contribution in [1.29, 1.82) is 0 Å². The summed E-state index contributed by atoms with van der Waals surface area (Å²) in [5.74, 6) is -0.212. The maximum Gasteiger partial charge on any atom is 0.410 e. The molecule has 1 saturated heterocycles. The first-order valence-corrected chi connectivity index (χ1v) is 7.17. The Morgan fingerprint density at radius 3 is 2.81 bits per heavy atom. The third-order valence-electron chi connectivity index (χ3n) is 3.48. The van der Waals surface area contributed by atoms with Crippen LogP contribution in [0.2, 0.25) is 0 Å². The quantitative estimate of drug-likeness (QED) is 0.906. The van der Waals surface area contributed by atoms with Gasteiger partial charge in [0.1, 0.15) is 17.5 Å². The Hall–Kier alpha value is -1.78. The Morgan fingerprint density at radius 2 is 2.19 bits per heavy atom. The lowest BCUT2D eigenvalue weighted by Gasteiger charge is -2.24. The van der Waals surface area contributed by atoms with Crippen LogP contribution in [-0.2, 0) is 4.74 Å². The fourth-order valence-electron chi connectivity index (χ4n) is 2.49. The van der Waals surface area contributed by atoms with Gasteiger partial charge in [-0.2, -0.15) is 0 Å². The number of amides is 1. The number of phenolic OH excluding ortho intramolecular Hbond substituents is 1. The monoisotopic (exact) mass is 295 g/mol. The highest BCUT2D eigenvalue weighted by Crippen LogP contribution is 2.34. The highest BCUT2D eigenvalue weighted by atomic mass is 19.1. The Morgan fingerprint density at radius 1 is 1.48 bits per heavy atom. The van der Waals surface area contributed by atoms with Gasteiger partial charge in [-0.1, -0.05) is 12.1 Å². The molecule has 1 aliphatic rings. The minimum Gasteiger partial charge on any atom is -0.508 e. The number of benzene rings is 1. The van der Waals surface area contributed by atoms with E-state index in [0.717, 1.165) is 0 Å². The Bertz CT molecular complexity index is 512. The zero-order chi connectivity index (χ0) is 15.6. The van der Waals surface area contributed by atoms with E-state index in [1.807, 2.05) is 20.8 Å². The summed E-state index contributed by atoms with van der Waals surface area (Å²) in [7, 11) is 0. The van der Waals surface area contributed by atoms with Crippen molar-refractivity contribution in [2.45, 2.75) is 39.0 Å². The number of carbonyl (C=O) groups is 1. The Labute approximate surface area is 124 Å². The number of likely N-dealkylation sites (tertiary alicyclic amines) is 1. The molecule has 1 N–H and O–H groups in total. The summed E-state index contributed by atoms with van der Waals surface area (Å²) < 4.78 is 19.8. The number of aromatic hydroxyl groups is 1. The smallest absolute Gasteiger partial charge is 0.410 e. The standard InChI is InChI=1S/C16H22FNO3/c1-16(2,3)21-15(20)18-8-7-12(10-18)14(17)11-5-4-6-13(19)9-11/h4-6,9,12,14,19H,7-8,10H2,1-3H3. The molecular formula is C16H22FNO3. The van der Waals surface area contributed by atoms with Gasteiger partial charge < -0.3 is 14.7 Å². The molecule has 5 heteroatoms. The SMILES string of the molecule is CC(C)(C)OC(=O)N1CCC(C(F)c2cccc(O)c2)C1. The predicted molar refractivity (Wildman–Crippen MR) is 77.9 cm³/mol. The van der Waals surface area contributed by atoms with E-state index >= 15 is 0 Å². The zero-order valence-corrected chi connectivity index (χ0v) is 12.7. The number of rotatable bonds is 2. The normalized spacial score (nSPS) is 20.4. The minimum atomic E-state index is -1.19. The molecule has 0 saturated carbocycles. The van der Waals surface area contributed by atoms with Crippen LogP contribution in [0.4, 0.5) is 9.18 Å². The van der Waals surface area contributed by atoms with Gasteiger partial charge in [0.25, 0.3) is 0 Å². The van der Waals surface area contributed by atoms with Crippen LogP contribution in [0.1, 0.15) is 38.9 Å². The molecule has 0 spiro atoms. The molecule has 1 aromatic carbocycles. The van der Waals surface area contributed by atoms with Crippen molar-refractivity contribution in [2.75, 3.05) is 13.1 Å². The summed E-state index contributed by atoms with van der Waals surface area (Å²) in [4.78, 5) is 13.5. The molecule has 0 aromatic heterocycles. The van der Waals surface area contributed by atoms with Gasteiger partial charge in [-0.25, -0.2) is 9.18 Å². The molecule has 0 bridgehead atoms. The lowest BCUT2D eigenvalue weighted by atomic mass is 9.96. The first-order chi connectivity index (χ1) is 9.76. The molecule has 1 fully saturated rings. The van der Waals surface area contributed by atoms with Crippen LogP contribution in [-0.4, -0.2) is 34.8 Å². The van der Waals surface area contributed by atoms with E-state index in [1.165, 1.54) is 12.1 Å². The van der Waals surface area contributed by atoms with Gasteiger partial charge in [-0.05, 0) is 44.9 Å². The third kappa shape index (κ3) is 4.09. The summed E-state index contributed by atoms with van der Waals surface area (Å²) in [6.45, 7) is 6.26. The molecule has 0 radical (unpaired) electrons. The maximum absolute atomic E-state index is 14.5. The number of alkyl halides is 1. The molecule has 21 heavy (non-hydrogen) atoms. The van der Waals surface area contributed by atoms with Gasteiger partial charge in [0.05, 0.1) is 0 Å². The lowest BCUT2D eigenvalue weighted by molar-refractivity contribution is 0.0281. The Balaban J connectivity index is 1.97. The van der Waals surface area contributed by atoms with Gasteiger partial charge in [-0.15, -0.1) is 0 Å². The van der Waals surface area contributed by atoms with Crippen molar-refractivity contribution < 1.29 is 19.0 Å². The molecule has 0 aliphatic carbocycles. The van der Waals surface area contributed by atoms with E-state index in [0.29, 0.717) is 25.1 Å². The number of nitrogens with zero attached hydrogens (tertiary/aromatic N) is 1. The molecular weight excluding hydrogens is 273 g/mol. The third-order valence-corrected chi connectivity index (χ3v) is 3.48. The second-order valence-electron chi connectivity index (χ2n) is 6.47. The molecule has 1 aliphatic heterocycles. The van der Waals surface area contributed by atoms with Gasteiger partial charge in [0.15, 0.2) is 0 Å². The van der Waals surface area contributed by atoms with Gasteiger partial charge >= 0.3 is 6.09 Å². The second kappa shape index (κ2) is 5.92. The maximum atomic E-state index is 14.5. The molecule has 1 heterocycles. The molecule has 4 nitrogen and oxygen atoms in total. The number of carbonyl (C=O) groups excluding carboxylic acids is 1. The number of halogens is 1. The summed E-state index contributed by atoms with van der Waals surface area (Å²) in [6, 6.07) is 6.22. The van der Waals surface area contributed by atoms with Gasteiger partial charge in [-0.3, -0.25) is 0 Å². The fraction of sp³-hybridized carbons (Fsp3) is 0.562. The van der Waals surface area contributed by atoms with Crippen LogP contribution in [0, 0.1) is 5.92 Å². The van der Waals surface area contributed by atoms with E-state index in [4.69, 9.17) is 4.74 Å². The summed E-state index contributed by atoms with van der Waals surface area (Å²) in [6.07, 6.45) is -0.992. The first-order valence-electron chi connectivity index (χ1n) is 7.17. The number of phenols is 1. The summed E-state index contributed by atoms with van der Waals surface area (Å²) in [5.41, 5.74) is -0.0961. The second-order valence-corrected chi connectivity index (χ2v) is 6.47. The van der Waals surface area contributed by atoms with E-state index in [-0.39, 0.29) is 11.7 Å². The lowest BCUT2D eigenvalue weighted by Crippen LogP contribution is -2.35. The van der Waals surface area contributed by atoms with E-state index in [2.05, 4.69) is 0 Å². The molecule has 2 rings (SSSR count). The van der Waals surface area contributed by atoms with Crippen LogP contribution >= 0.6 is 0 Å². The zero-order valence-electron chi connectivity index (χ0n) is 12.7. The minimum absolute atomic E-state index is 0.0529. The van der Waals surface area contributed by atoms with Crippen molar-refractivity contribution in [3.63, 3.8) is 0 Å². The highest BCUT2D eigenvalue weighted by Gasteiger charge is 2.34. The molecule has 2 unspecified atom stereocenters. The number of hydrogen-bond acceptors (Lipinski definition) is 3. The van der Waals surface area contributed by atoms with Crippen LogP contribution in [0.25, 0.3) is 0 Å². The van der Waals surface area contributed by atoms with Gasteiger partial charge in [0, 0.05) is 19.0 Å². The van der Waals surface area contributed by atoms with Crippen LogP contribution in [0.15, 0.2) is 24.3 Å². The summed E-state index contributed by atoms with van der Waals surface area (Å²) in [5, 5.41) is 9.42. The first kappa shape index (κ1) is 15.6. The van der Waals surface area contributed by atoms with E-state index < -0.39 is 17.9 Å². The van der Waals surface area contributed by atoms with Crippen molar-refractivity contribution in [3.05, 3.63) is 29.8 Å². The molecule has 1 aromatic rings. The Kier molecular flexibility index (Phi) is 4.40. The highest BCUT2D eigenvalue weighted by molar-refractivity contribution is 5.68. The topological polar surface area (TPSA) is 49.8 Å². The molecule has 1 amide bonds. The van der Waals surface area contributed by atoms with Crippen molar-refractivity contribution >= 4 is 6.09 Å². The van der Waals surface area contributed by atoms with Crippen LogP contribution < -0.4 is 0 Å². The molecule has 2 atom stereocenters. The van der Waals surface area contributed by atoms with Crippen molar-refractivity contribution in [3.8, 4) is 5.75 Å². The number of ether oxygens (including phenoxy) is 1. The van der Waals surface area contributed by atoms with Gasteiger partial charge in [0.2, 0.25) is 0 Å². The van der Waals surface area contributed by atoms with Crippen LogP contribution in [0.5, 0.6) is 5.75 Å². The van der Waals surface area contributed by atoms with Crippen molar-refractivity contribution in [2.24, 2.45) is 5.92 Å². The average Bonchev–Trinajstić information content (AvgIpc) is 2.85. The average molecular weight is 295 g/mol. The number of hydrogen-bond donors (Lipinski definition) is 1. The predicted octanol–water partition coefficient (Wildman–Crippen LogP) is 3.66. The van der Waals surface area contributed by atoms with Crippen LogP contribution in [0.3, 0.4) is 0 Å². The summed E-state index contributed by atoms with van der Waals surface area (Å²) >= 11 is 0. The largest absolute Gasteiger partial charge is 0.508 e.